The molecule has 1 unspecified atom stereocenters. The van der Waals surface area contributed by atoms with Crippen molar-refractivity contribution in [3.8, 4) is 0 Å². The van der Waals surface area contributed by atoms with Crippen LogP contribution in [0.2, 0.25) is 5.02 Å². The Hall–Kier alpha value is -2.75. The highest BCUT2D eigenvalue weighted by Gasteiger charge is 2.16. The summed E-state index contributed by atoms with van der Waals surface area (Å²) in [6.07, 6.45) is -0.749. The van der Waals surface area contributed by atoms with Crippen molar-refractivity contribution in [2.75, 3.05) is 32.1 Å². The predicted octanol–water partition coefficient (Wildman–Crippen LogP) is 3.03. The van der Waals surface area contributed by atoms with Crippen LogP contribution in [0.5, 0.6) is 0 Å². The summed E-state index contributed by atoms with van der Waals surface area (Å²) < 4.78 is 31.8. The molecule has 0 heterocycles. The van der Waals surface area contributed by atoms with Crippen LogP contribution in [0, 0.1) is 11.6 Å². The Bertz CT molecular complexity index is 911. The maximum absolute atomic E-state index is 13.5. The molecule has 162 valence electrons. The Labute approximate surface area is 178 Å². The minimum Gasteiger partial charge on any atom is -0.388 e. The number of hydrogen-bond donors (Lipinski definition) is 4. The topological polar surface area (TPSA) is 101 Å². The highest BCUT2D eigenvalue weighted by Crippen LogP contribution is 2.24. The van der Waals surface area contributed by atoms with Gasteiger partial charge >= 0.3 is 0 Å². The van der Waals surface area contributed by atoms with E-state index in [4.69, 9.17) is 22.1 Å². The lowest BCUT2D eigenvalue weighted by Crippen LogP contribution is -2.45. The van der Waals surface area contributed by atoms with E-state index in [2.05, 4.69) is 20.9 Å². The normalized spacial score (nSPS) is 12.4. The zero-order valence-electron chi connectivity index (χ0n) is 16.6. The molecule has 1 atom stereocenters. The van der Waals surface area contributed by atoms with Gasteiger partial charge in [-0.15, -0.1) is 0 Å². The Morgan fingerprint density at radius 1 is 1.23 bits per heavy atom. The number of aliphatic imine (C=N–C) groups is 1. The monoisotopic (exact) mass is 439 g/mol. The highest BCUT2D eigenvalue weighted by molar-refractivity contribution is 6.30. The molecule has 7 nitrogen and oxygen atoms in total. The smallest absolute Gasteiger partial charge is 0.258 e. The second-order valence-corrected chi connectivity index (χ2v) is 6.55. The first kappa shape index (κ1) is 23.5. The Kier molecular flexibility index (Phi) is 8.97. The molecule has 30 heavy (non-hydrogen) atoms. The lowest BCUT2D eigenvalue weighted by Gasteiger charge is -2.20. The number of anilines is 1. The third-order valence-corrected chi connectivity index (χ3v) is 4.27. The van der Waals surface area contributed by atoms with Gasteiger partial charge in [0.1, 0.15) is 6.17 Å². The third-order valence-electron chi connectivity index (χ3n) is 4.04. The number of nitrogens with two attached hydrogens (primary N) is 1. The summed E-state index contributed by atoms with van der Waals surface area (Å²) in [7, 11) is 1.73. The fraction of sp³-hybridized carbons (Fsp3) is 0.300. The summed E-state index contributed by atoms with van der Waals surface area (Å²) in [6, 6.07) is 7.99. The molecule has 10 heteroatoms. The van der Waals surface area contributed by atoms with E-state index in [0.717, 1.165) is 12.1 Å². The van der Waals surface area contributed by atoms with Crippen LogP contribution < -0.4 is 21.7 Å². The van der Waals surface area contributed by atoms with E-state index in [1.54, 1.807) is 25.2 Å². The molecular weight excluding hydrogens is 416 g/mol. The van der Waals surface area contributed by atoms with E-state index >= 15 is 0 Å². The Morgan fingerprint density at radius 3 is 2.67 bits per heavy atom. The molecule has 2 aromatic rings. The molecule has 0 saturated carbocycles. The zero-order chi connectivity index (χ0) is 22.1. The summed E-state index contributed by atoms with van der Waals surface area (Å²) in [5, 5.41) is 8.99. The minimum atomic E-state index is -1.12. The van der Waals surface area contributed by atoms with Crippen molar-refractivity contribution in [1.29, 1.82) is 0 Å². The number of benzene rings is 2. The average Bonchev–Trinajstić information content (AvgIpc) is 2.72. The van der Waals surface area contributed by atoms with Crippen LogP contribution >= 0.6 is 11.6 Å². The highest BCUT2D eigenvalue weighted by atomic mass is 35.5. The van der Waals surface area contributed by atoms with Crippen molar-refractivity contribution in [1.82, 2.24) is 10.6 Å². The molecule has 0 aliphatic carbocycles. The number of carbonyl (C=O) groups is 1. The molecule has 0 radical (unpaired) electrons. The van der Waals surface area contributed by atoms with E-state index in [-0.39, 0.29) is 18.1 Å². The number of halogens is 3. The van der Waals surface area contributed by atoms with Gasteiger partial charge in [-0.1, -0.05) is 17.7 Å². The van der Waals surface area contributed by atoms with Crippen molar-refractivity contribution in [2.24, 2.45) is 10.7 Å². The second-order valence-electron chi connectivity index (χ2n) is 6.11. The van der Waals surface area contributed by atoms with Gasteiger partial charge in [-0.2, -0.15) is 0 Å². The van der Waals surface area contributed by atoms with Crippen molar-refractivity contribution >= 4 is 29.2 Å². The summed E-state index contributed by atoms with van der Waals surface area (Å²) in [5.41, 5.74) is 7.56. The van der Waals surface area contributed by atoms with Crippen LogP contribution in [0.25, 0.3) is 0 Å². The largest absolute Gasteiger partial charge is 0.388 e. The Morgan fingerprint density at radius 2 is 2.00 bits per heavy atom. The number of rotatable bonds is 8. The van der Waals surface area contributed by atoms with Gasteiger partial charge in [0.25, 0.3) is 5.91 Å². The molecule has 0 aliphatic rings. The number of nitrogens with zero attached hydrogens (tertiary/aromatic N) is 1. The SMILES string of the molecule is CCOCCN=C(NC(=O)c1ccc(F)c(F)c1)NC(N)c1ccc(Cl)cc1NC. The van der Waals surface area contributed by atoms with Crippen LogP contribution in [-0.4, -0.2) is 38.7 Å². The Balaban J connectivity index is 2.20. The number of nitrogens with one attached hydrogen (secondary N) is 3. The number of carbonyl (C=O) groups excluding carboxylic acids is 1. The molecule has 0 saturated heterocycles. The molecule has 0 bridgehead atoms. The molecular formula is C20H24ClF2N5O2. The van der Waals surface area contributed by atoms with Crippen molar-refractivity contribution in [2.45, 2.75) is 13.1 Å². The lowest BCUT2D eigenvalue weighted by molar-refractivity contribution is 0.0974. The molecule has 0 aliphatic heterocycles. The van der Waals surface area contributed by atoms with E-state index in [9.17, 15) is 13.6 Å². The van der Waals surface area contributed by atoms with E-state index < -0.39 is 23.7 Å². The van der Waals surface area contributed by atoms with Crippen LogP contribution in [0.4, 0.5) is 14.5 Å². The standard InChI is InChI=1S/C20H24ClF2N5O2/c1-3-30-9-8-26-20(28-19(29)12-4-7-15(22)16(23)10-12)27-18(24)14-6-5-13(21)11-17(14)25-2/h4-7,10-11,18,25H,3,8-9,24H2,1-2H3,(H2,26,27,28,29). The number of ether oxygens (including phenoxy) is 1. The molecule has 2 rings (SSSR count). The second kappa shape index (κ2) is 11.4. The van der Waals surface area contributed by atoms with Gasteiger partial charge in [0.05, 0.1) is 13.2 Å². The maximum atomic E-state index is 13.5. The first-order chi connectivity index (χ1) is 14.3. The number of amides is 1. The third kappa shape index (κ3) is 6.65. The maximum Gasteiger partial charge on any atom is 0.258 e. The van der Waals surface area contributed by atoms with Crippen LogP contribution in [0.1, 0.15) is 29.0 Å². The van der Waals surface area contributed by atoms with Crippen LogP contribution in [0.3, 0.4) is 0 Å². The van der Waals surface area contributed by atoms with Crippen LogP contribution in [-0.2, 0) is 4.74 Å². The molecule has 2 aromatic carbocycles. The number of guanidine groups is 1. The molecule has 0 fully saturated rings. The first-order valence-corrected chi connectivity index (χ1v) is 9.61. The van der Waals surface area contributed by atoms with Gasteiger partial charge in [0.15, 0.2) is 17.6 Å². The van der Waals surface area contributed by atoms with Gasteiger partial charge in [0.2, 0.25) is 0 Å². The summed E-state index contributed by atoms with van der Waals surface area (Å²) in [6.45, 7) is 2.96. The fourth-order valence-electron chi connectivity index (χ4n) is 2.55. The average molecular weight is 440 g/mol. The molecule has 0 spiro atoms. The van der Waals surface area contributed by atoms with Gasteiger partial charge in [-0.3, -0.25) is 15.1 Å². The van der Waals surface area contributed by atoms with E-state index in [0.29, 0.717) is 29.5 Å². The summed E-state index contributed by atoms with van der Waals surface area (Å²) in [4.78, 5) is 16.7. The van der Waals surface area contributed by atoms with Crippen molar-refractivity contribution in [3.05, 3.63) is 64.2 Å². The van der Waals surface area contributed by atoms with Gasteiger partial charge in [-0.25, -0.2) is 8.78 Å². The van der Waals surface area contributed by atoms with Gasteiger partial charge < -0.3 is 21.1 Å². The number of hydrogen-bond acceptors (Lipinski definition) is 5. The van der Waals surface area contributed by atoms with E-state index in [1.165, 1.54) is 6.07 Å². The molecule has 1 amide bonds. The summed E-state index contributed by atoms with van der Waals surface area (Å²) >= 11 is 6.01. The molecule has 5 N–H and O–H groups in total. The fourth-order valence-corrected chi connectivity index (χ4v) is 2.72. The van der Waals surface area contributed by atoms with Crippen molar-refractivity contribution in [3.63, 3.8) is 0 Å². The minimum absolute atomic E-state index is 0.0638. The molecule has 0 aromatic heterocycles. The quantitative estimate of drug-likeness (QED) is 0.219. The van der Waals surface area contributed by atoms with Gasteiger partial charge in [-0.05, 0) is 37.3 Å². The van der Waals surface area contributed by atoms with Crippen LogP contribution in [0.15, 0.2) is 41.4 Å². The van der Waals surface area contributed by atoms with E-state index in [1.807, 2.05) is 6.92 Å². The summed E-state index contributed by atoms with van der Waals surface area (Å²) in [5.74, 6) is -2.77. The lowest BCUT2D eigenvalue weighted by atomic mass is 10.1. The van der Waals surface area contributed by atoms with Gasteiger partial charge in [0, 0.05) is 35.5 Å². The van der Waals surface area contributed by atoms with Crippen molar-refractivity contribution < 1.29 is 18.3 Å². The first-order valence-electron chi connectivity index (χ1n) is 9.23. The predicted molar refractivity (Wildman–Crippen MR) is 114 cm³/mol. The zero-order valence-corrected chi connectivity index (χ0v) is 17.4.